The van der Waals surface area contributed by atoms with Gasteiger partial charge in [-0.2, -0.15) is 0 Å². The standard InChI is InChI=1S/C17H17NO4/c1-3-22-16-7-5-4-6-14(16)18-11-13(8-9-17(20)21)15(19)10-12(18)2/h4-11H,3H2,1-2H3,(H,20,21)/b9-8+. The van der Waals surface area contributed by atoms with Gasteiger partial charge in [0.1, 0.15) is 5.75 Å². The average molecular weight is 299 g/mol. The van der Waals surface area contributed by atoms with Gasteiger partial charge in [0.05, 0.1) is 12.3 Å². The number of hydrogen-bond donors (Lipinski definition) is 1. The molecule has 1 aromatic heterocycles. The molecule has 0 aliphatic rings. The van der Waals surface area contributed by atoms with Gasteiger partial charge in [-0.1, -0.05) is 12.1 Å². The predicted octanol–water partition coefficient (Wildman–Crippen LogP) is 2.64. The SMILES string of the molecule is CCOc1ccccc1-n1cc(/C=C/C(=O)O)c(=O)cc1C. The molecule has 22 heavy (non-hydrogen) atoms. The molecule has 114 valence electrons. The highest BCUT2D eigenvalue weighted by atomic mass is 16.5. The quantitative estimate of drug-likeness (QED) is 0.862. The predicted molar refractivity (Wildman–Crippen MR) is 84.6 cm³/mol. The average Bonchev–Trinajstić information content (AvgIpc) is 2.47. The molecule has 0 bridgehead atoms. The van der Waals surface area contributed by atoms with E-state index >= 15 is 0 Å². The maximum Gasteiger partial charge on any atom is 0.328 e. The Morgan fingerprint density at radius 2 is 2.09 bits per heavy atom. The summed E-state index contributed by atoms with van der Waals surface area (Å²) >= 11 is 0. The molecule has 2 rings (SSSR count). The number of para-hydroxylation sites is 2. The van der Waals surface area contributed by atoms with Crippen molar-refractivity contribution in [1.82, 2.24) is 4.57 Å². The van der Waals surface area contributed by atoms with Crippen molar-refractivity contribution in [3.05, 3.63) is 64.1 Å². The van der Waals surface area contributed by atoms with Crippen LogP contribution in [0.5, 0.6) is 5.75 Å². The Bertz CT molecular complexity index is 774. The van der Waals surface area contributed by atoms with E-state index in [1.165, 1.54) is 12.1 Å². The molecule has 2 aromatic rings. The van der Waals surface area contributed by atoms with E-state index in [0.29, 0.717) is 17.9 Å². The van der Waals surface area contributed by atoms with Crippen LogP contribution in [0.3, 0.4) is 0 Å². The molecule has 0 atom stereocenters. The smallest absolute Gasteiger partial charge is 0.328 e. The Labute approximate surface area is 128 Å². The molecule has 0 saturated carbocycles. The van der Waals surface area contributed by atoms with Gasteiger partial charge in [0, 0.05) is 29.6 Å². The molecule has 5 heteroatoms. The molecule has 0 aliphatic heterocycles. The number of nitrogens with zero attached hydrogens (tertiary/aromatic N) is 1. The van der Waals surface area contributed by atoms with Crippen LogP contribution in [-0.2, 0) is 4.79 Å². The number of carboxylic acid groups (broad SMARTS) is 1. The molecule has 1 aromatic carbocycles. The van der Waals surface area contributed by atoms with Gasteiger partial charge < -0.3 is 14.4 Å². The first-order chi connectivity index (χ1) is 10.5. The van der Waals surface area contributed by atoms with Crippen LogP contribution in [0.1, 0.15) is 18.2 Å². The summed E-state index contributed by atoms with van der Waals surface area (Å²) in [6.07, 6.45) is 3.86. The number of benzene rings is 1. The molecule has 5 nitrogen and oxygen atoms in total. The summed E-state index contributed by atoms with van der Waals surface area (Å²) in [5, 5.41) is 8.71. The highest BCUT2D eigenvalue weighted by molar-refractivity contribution is 5.85. The van der Waals surface area contributed by atoms with Crippen molar-refractivity contribution in [1.29, 1.82) is 0 Å². The van der Waals surface area contributed by atoms with Crippen LogP contribution in [0.2, 0.25) is 0 Å². The second-order valence-corrected chi connectivity index (χ2v) is 4.68. The molecule has 0 saturated heterocycles. The number of pyridine rings is 1. The molecule has 0 amide bonds. The number of aryl methyl sites for hydroxylation is 1. The van der Waals surface area contributed by atoms with E-state index in [0.717, 1.165) is 17.5 Å². The van der Waals surface area contributed by atoms with Crippen molar-refractivity contribution >= 4 is 12.0 Å². The van der Waals surface area contributed by atoms with Crippen LogP contribution >= 0.6 is 0 Å². The van der Waals surface area contributed by atoms with Gasteiger partial charge in [0.15, 0.2) is 5.43 Å². The third-order valence-corrected chi connectivity index (χ3v) is 3.10. The highest BCUT2D eigenvalue weighted by Gasteiger charge is 2.08. The summed E-state index contributed by atoms with van der Waals surface area (Å²) in [4.78, 5) is 22.6. The number of hydrogen-bond acceptors (Lipinski definition) is 3. The summed E-state index contributed by atoms with van der Waals surface area (Å²) < 4.78 is 7.42. The monoisotopic (exact) mass is 299 g/mol. The van der Waals surface area contributed by atoms with Gasteiger partial charge in [-0.15, -0.1) is 0 Å². The van der Waals surface area contributed by atoms with Crippen LogP contribution in [0.4, 0.5) is 0 Å². The van der Waals surface area contributed by atoms with Crippen molar-refractivity contribution < 1.29 is 14.6 Å². The summed E-state index contributed by atoms with van der Waals surface area (Å²) in [6.45, 7) is 4.24. The minimum atomic E-state index is -1.10. The number of aromatic nitrogens is 1. The van der Waals surface area contributed by atoms with E-state index < -0.39 is 5.97 Å². The van der Waals surface area contributed by atoms with Crippen LogP contribution in [0.15, 0.2) is 47.4 Å². The van der Waals surface area contributed by atoms with Gasteiger partial charge in [-0.3, -0.25) is 4.79 Å². The summed E-state index contributed by atoms with van der Waals surface area (Å²) in [6, 6.07) is 8.96. The third kappa shape index (κ3) is 3.44. The van der Waals surface area contributed by atoms with E-state index in [4.69, 9.17) is 9.84 Å². The van der Waals surface area contributed by atoms with Crippen molar-refractivity contribution in [3.63, 3.8) is 0 Å². The zero-order valence-electron chi connectivity index (χ0n) is 12.4. The van der Waals surface area contributed by atoms with Crippen molar-refractivity contribution in [2.24, 2.45) is 0 Å². The molecule has 0 spiro atoms. The van der Waals surface area contributed by atoms with Crippen molar-refractivity contribution in [2.45, 2.75) is 13.8 Å². The zero-order chi connectivity index (χ0) is 16.1. The molecule has 0 aliphatic carbocycles. The maximum atomic E-state index is 12.0. The zero-order valence-corrected chi connectivity index (χ0v) is 12.4. The lowest BCUT2D eigenvalue weighted by Gasteiger charge is -2.15. The topological polar surface area (TPSA) is 68.5 Å². The number of rotatable bonds is 5. The highest BCUT2D eigenvalue weighted by Crippen LogP contribution is 2.23. The van der Waals surface area contributed by atoms with Gasteiger partial charge in [-0.05, 0) is 32.1 Å². The van der Waals surface area contributed by atoms with Gasteiger partial charge in [0.25, 0.3) is 0 Å². The minimum absolute atomic E-state index is 0.222. The van der Waals surface area contributed by atoms with Gasteiger partial charge in [0.2, 0.25) is 0 Å². The van der Waals surface area contributed by atoms with E-state index in [2.05, 4.69) is 0 Å². The van der Waals surface area contributed by atoms with E-state index in [-0.39, 0.29) is 5.43 Å². The first-order valence-corrected chi connectivity index (χ1v) is 6.89. The van der Waals surface area contributed by atoms with E-state index in [9.17, 15) is 9.59 Å². The molecular formula is C17H17NO4. The van der Waals surface area contributed by atoms with Crippen LogP contribution in [-0.4, -0.2) is 22.2 Å². The maximum absolute atomic E-state index is 12.0. The van der Waals surface area contributed by atoms with E-state index in [1.54, 1.807) is 6.20 Å². The number of aliphatic carboxylic acids is 1. The summed E-state index contributed by atoms with van der Waals surface area (Å²) in [7, 11) is 0. The number of carbonyl (C=O) groups is 1. The first-order valence-electron chi connectivity index (χ1n) is 6.89. The van der Waals surface area contributed by atoms with Crippen LogP contribution in [0, 0.1) is 6.92 Å². The molecule has 1 heterocycles. The second-order valence-electron chi connectivity index (χ2n) is 4.68. The van der Waals surface area contributed by atoms with Crippen LogP contribution in [0.25, 0.3) is 11.8 Å². The first kappa shape index (κ1) is 15.6. The van der Waals surface area contributed by atoms with E-state index in [1.807, 2.05) is 42.7 Å². The number of ether oxygens (including phenoxy) is 1. The third-order valence-electron chi connectivity index (χ3n) is 3.10. The number of carboxylic acids is 1. The lowest BCUT2D eigenvalue weighted by atomic mass is 10.2. The molecule has 0 unspecified atom stereocenters. The van der Waals surface area contributed by atoms with Gasteiger partial charge >= 0.3 is 5.97 Å². The Kier molecular flexibility index (Phi) is 4.78. The molecule has 0 fully saturated rings. The van der Waals surface area contributed by atoms with Crippen molar-refractivity contribution in [2.75, 3.05) is 6.61 Å². The fourth-order valence-electron chi connectivity index (χ4n) is 2.13. The Balaban J connectivity index is 2.59. The van der Waals surface area contributed by atoms with Crippen LogP contribution < -0.4 is 10.2 Å². The summed E-state index contributed by atoms with van der Waals surface area (Å²) in [5.74, 6) is -0.397. The fraction of sp³-hybridized carbons (Fsp3) is 0.176. The lowest BCUT2D eigenvalue weighted by Crippen LogP contribution is -2.12. The Morgan fingerprint density at radius 3 is 2.77 bits per heavy atom. The fourth-order valence-corrected chi connectivity index (χ4v) is 2.13. The normalized spacial score (nSPS) is 10.8. The largest absolute Gasteiger partial charge is 0.492 e. The minimum Gasteiger partial charge on any atom is -0.492 e. The molecule has 0 radical (unpaired) electrons. The Hall–Kier alpha value is -2.82. The second kappa shape index (κ2) is 6.76. The van der Waals surface area contributed by atoms with Gasteiger partial charge in [-0.25, -0.2) is 4.79 Å². The van der Waals surface area contributed by atoms with Crippen molar-refractivity contribution in [3.8, 4) is 11.4 Å². The molecular weight excluding hydrogens is 282 g/mol. The summed E-state index contributed by atoms with van der Waals surface area (Å²) in [5.41, 5.74) is 1.62. The molecule has 1 N–H and O–H groups in total. The lowest BCUT2D eigenvalue weighted by molar-refractivity contribution is -0.131. The Morgan fingerprint density at radius 1 is 1.36 bits per heavy atom.